The zero-order valence-electron chi connectivity index (χ0n) is 9.51. The highest BCUT2D eigenvalue weighted by atomic mass is 16.5. The molecule has 1 heterocycles. The number of hydrogen-bond acceptors (Lipinski definition) is 4. The van der Waals surface area contributed by atoms with Gasteiger partial charge in [0.1, 0.15) is 0 Å². The molecule has 0 radical (unpaired) electrons. The molecule has 1 N–H and O–H groups in total. The number of carbonyl (C=O) groups is 1. The van der Waals surface area contributed by atoms with Crippen LogP contribution in [-0.2, 0) is 21.5 Å². The maximum Gasteiger partial charge on any atom is 0.335 e. The van der Waals surface area contributed by atoms with Crippen LogP contribution < -0.4 is 0 Å². The van der Waals surface area contributed by atoms with Crippen LogP contribution in [0.4, 0.5) is 0 Å². The van der Waals surface area contributed by atoms with E-state index in [0.717, 1.165) is 25.1 Å². The minimum Gasteiger partial charge on any atom is -0.467 e. The largest absolute Gasteiger partial charge is 0.467 e. The number of aromatic nitrogens is 2. The Labute approximate surface area is 94.0 Å². The normalized spacial score (nSPS) is 19.2. The molecule has 1 aromatic heterocycles. The van der Waals surface area contributed by atoms with Gasteiger partial charge in [-0.05, 0) is 25.8 Å². The number of hydrogen-bond donors (Lipinski definition) is 1. The van der Waals surface area contributed by atoms with Gasteiger partial charge in [-0.2, -0.15) is 5.10 Å². The minimum absolute atomic E-state index is 0.506. The molecule has 0 saturated heterocycles. The van der Waals surface area contributed by atoms with Crippen molar-refractivity contribution in [1.29, 1.82) is 0 Å². The van der Waals surface area contributed by atoms with Crippen molar-refractivity contribution in [1.82, 2.24) is 9.78 Å². The van der Waals surface area contributed by atoms with E-state index in [0.29, 0.717) is 0 Å². The number of nitrogens with zero attached hydrogens (tertiary/aromatic N) is 2. The van der Waals surface area contributed by atoms with Crippen LogP contribution in [0.5, 0.6) is 0 Å². The average Bonchev–Trinajstić information content (AvgIpc) is 2.98. The lowest BCUT2D eigenvalue weighted by Gasteiger charge is -2.17. The maximum atomic E-state index is 11.3. The molecular weight excluding hydrogens is 208 g/mol. The highest BCUT2D eigenvalue weighted by Crippen LogP contribution is 2.50. The molecule has 1 aromatic rings. The molecule has 1 saturated carbocycles. The van der Waals surface area contributed by atoms with Gasteiger partial charge in [0.15, 0.2) is 6.10 Å². The Hall–Kier alpha value is -1.36. The van der Waals surface area contributed by atoms with E-state index >= 15 is 0 Å². The Kier molecular flexibility index (Phi) is 2.71. The van der Waals surface area contributed by atoms with Crippen LogP contribution >= 0.6 is 0 Å². The van der Waals surface area contributed by atoms with E-state index in [-0.39, 0.29) is 0 Å². The Bertz CT molecular complexity index is 396. The molecule has 1 fully saturated rings. The molecule has 0 aromatic carbocycles. The van der Waals surface area contributed by atoms with Gasteiger partial charge in [-0.15, -0.1) is 0 Å². The fourth-order valence-electron chi connectivity index (χ4n) is 1.94. The highest BCUT2D eigenvalue weighted by molar-refractivity contribution is 5.77. The van der Waals surface area contributed by atoms with Gasteiger partial charge in [0.2, 0.25) is 0 Å². The van der Waals surface area contributed by atoms with Crippen LogP contribution in [0.15, 0.2) is 12.3 Å². The number of aliphatic hydroxyl groups is 1. The molecule has 1 aliphatic rings. The van der Waals surface area contributed by atoms with Crippen molar-refractivity contribution in [3.8, 4) is 0 Å². The van der Waals surface area contributed by atoms with E-state index in [4.69, 9.17) is 0 Å². The molecule has 5 nitrogen and oxygen atoms in total. The van der Waals surface area contributed by atoms with Crippen LogP contribution in [-0.4, -0.2) is 34.1 Å². The molecule has 88 valence electrons. The number of methoxy groups -OCH3 is 1. The quantitative estimate of drug-likeness (QED) is 0.755. The third-order valence-electron chi connectivity index (χ3n) is 3.21. The molecule has 0 bridgehead atoms. The number of aliphatic hydroxyl groups excluding tert-OH is 1. The zero-order chi connectivity index (χ0) is 11.8. The lowest BCUT2D eigenvalue weighted by Crippen LogP contribution is -2.35. The Balaban J connectivity index is 2.22. The Morgan fingerprint density at radius 2 is 2.44 bits per heavy atom. The van der Waals surface area contributed by atoms with Crippen LogP contribution in [0.2, 0.25) is 0 Å². The molecule has 1 aliphatic carbocycles. The molecule has 2 rings (SSSR count). The van der Waals surface area contributed by atoms with Gasteiger partial charge in [0.05, 0.1) is 18.2 Å². The average molecular weight is 224 g/mol. The summed E-state index contributed by atoms with van der Waals surface area (Å²) < 4.78 is 6.36. The second-order valence-corrected chi connectivity index (χ2v) is 4.14. The maximum absolute atomic E-state index is 11.3. The standard InChI is InChI=1S/C11H16N2O3/c1-3-13-7-4-8(12-13)11(5-6-11)9(14)10(15)16-2/h4,7,9,14H,3,5-6H2,1-2H3. The summed E-state index contributed by atoms with van der Waals surface area (Å²) in [5.41, 5.74) is 0.278. The predicted molar refractivity (Wildman–Crippen MR) is 56.8 cm³/mol. The number of aryl methyl sites for hydroxylation is 1. The van der Waals surface area contributed by atoms with Crippen LogP contribution in [0.1, 0.15) is 25.5 Å². The Morgan fingerprint density at radius 3 is 2.88 bits per heavy atom. The minimum atomic E-state index is -1.10. The number of esters is 1. The summed E-state index contributed by atoms with van der Waals surface area (Å²) >= 11 is 0. The van der Waals surface area contributed by atoms with Crippen molar-refractivity contribution in [2.45, 2.75) is 37.8 Å². The lowest BCUT2D eigenvalue weighted by atomic mass is 9.95. The fraction of sp³-hybridized carbons (Fsp3) is 0.636. The topological polar surface area (TPSA) is 64.4 Å². The van der Waals surface area contributed by atoms with Crippen molar-refractivity contribution < 1.29 is 14.6 Å². The predicted octanol–water partition coefficient (Wildman–Crippen LogP) is 0.468. The number of ether oxygens (including phenoxy) is 1. The Morgan fingerprint density at radius 1 is 1.75 bits per heavy atom. The van der Waals surface area contributed by atoms with Crippen molar-refractivity contribution in [3.05, 3.63) is 18.0 Å². The lowest BCUT2D eigenvalue weighted by molar-refractivity contribution is -0.152. The van der Waals surface area contributed by atoms with E-state index < -0.39 is 17.5 Å². The summed E-state index contributed by atoms with van der Waals surface area (Å²) in [6, 6.07) is 1.86. The fourth-order valence-corrected chi connectivity index (χ4v) is 1.94. The third-order valence-corrected chi connectivity index (χ3v) is 3.21. The summed E-state index contributed by atoms with van der Waals surface area (Å²) in [5, 5.41) is 14.3. The van der Waals surface area contributed by atoms with Gasteiger partial charge in [0.25, 0.3) is 0 Å². The SMILES string of the molecule is CCn1ccc(C2(C(O)C(=O)OC)CC2)n1. The summed E-state index contributed by atoms with van der Waals surface area (Å²) in [5.74, 6) is -0.580. The molecule has 16 heavy (non-hydrogen) atoms. The molecule has 1 atom stereocenters. The summed E-state index contributed by atoms with van der Waals surface area (Å²) in [6.07, 6.45) is 2.32. The van der Waals surface area contributed by atoms with Crippen LogP contribution in [0.3, 0.4) is 0 Å². The van der Waals surface area contributed by atoms with Gasteiger partial charge in [0, 0.05) is 12.7 Å². The van der Waals surface area contributed by atoms with Gasteiger partial charge in [-0.25, -0.2) is 4.79 Å². The second-order valence-electron chi connectivity index (χ2n) is 4.14. The third kappa shape index (κ3) is 1.61. The van der Waals surface area contributed by atoms with Crippen molar-refractivity contribution >= 4 is 5.97 Å². The molecule has 5 heteroatoms. The number of rotatable bonds is 4. The smallest absolute Gasteiger partial charge is 0.335 e. The number of carbonyl (C=O) groups excluding carboxylic acids is 1. The summed E-state index contributed by atoms with van der Waals surface area (Å²) in [6.45, 7) is 2.78. The molecule has 1 unspecified atom stereocenters. The molecule has 0 spiro atoms. The second kappa shape index (κ2) is 3.90. The van der Waals surface area contributed by atoms with E-state index in [1.165, 1.54) is 7.11 Å². The van der Waals surface area contributed by atoms with E-state index in [1.54, 1.807) is 4.68 Å². The first kappa shape index (κ1) is 11.1. The van der Waals surface area contributed by atoms with E-state index in [2.05, 4.69) is 9.84 Å². The first-order valence-electron chi connectivity index (χ1n) is 5.44. The van der Waals surface area contributed by atoms with Crippen LogP contribution in [0, 0.1) is 0 Å². The van der Waals surface area contributed by atoms with Crippen molar-refractivity contribution in [2.24, 2.45) is 0 Å². The molecular formula is C11H16N2O3. The summed E-state index contributed by atoms with van der Waals surface area (Å²) in [7, 11) is 1.28. The van der Waals surface area contributed by atoms with E-state index in [1.807, 2.05) is 19.2 Å². The first-order chi connectivity index (χ1) is 7.64. The van der Waals surface area contributed by atoms with Crippen molar-refractivity contribution in [2.75, 3.05) is 7.11 Å². The summed E-state index contributed by atoms with van der Waals surface area (Å²) in [4.78, 5) is 11.3. The zero-order valence-corrected chi connectivity index (χ0v) is 9.51. The molecule has 0 amide bonds. The molecule has 0 aliphatic heterocycles. The first-order valence-corrected chi connectivity index (χ1v) is 5.44. The van der Waals surface area contributed by atoms with Gasteiger partial charge < -0.3 is 9.84 Å². The van der Waals surface area contributed by atoms with Crippen molar-refractivity contribution in [3.63, 3.8) is 0 Å². The monoisotopic (exact) mass is 224 g/mol. The van der Waals surface area contributed by atoms with Gasteiger partial charge in [-0.1, -0.05) is 0 Å². The highest BCUT2D eigenvalue weighted by Gasteiger charge is 2.55. The van der Waals surface area contributed by atoms with Gasteiger partial charge in [-0.3, -0.25) is 4.68 Å². The van der Waals surface area contributed by atoms with Gasteiger partial charge >= 0.3 is 5.97 Å². The van der Waals surface area contributed by atoms with E-state index in [9.17, 15) is 9.90 Å². The van der Waals surface area contributed by atoms with Crippen LogP contribution in [0.25, 0.3) is 0 Å².